The minimum atomic E-state index is 0.219. The molecule has 0 saturated heterocycles. The summed E-state index contributed by atoms with van der Waals surface area (Å²) in [7, 11) is 0. The van der Waals surface area contributed by atoms with Gasteiger partial charge in [0, 0.05) is 17.5 Å². The van der Waals surface area contributed by atoms with E-state index in [4.69, 9.17) is 4.74 Å². The van der Waals surface area contributed by atoms with Gasteiger partial charge in [-0.25, -0.2) is 0 Å². The first kappa shape index (κ1) is 16.8. The van der Waals surface area contributed by atoms with Crippen molar-refractivity contribution in [1.29, 1.82) is 0 Å². The summed E-state index contributed by atoms with van der Waals surface area (Å²) in [6, 6.07) is 15.9. The van der Waals surface area contributed by atoms with Gasteiger partial charge in [-0.2, -0.15) is 0 Å². The van der Waals surface area contributed by atoms with E-state index >= 15 is 0 Å². The fourth-order valence-electron chi connectivity index (χ4n) is 2.39. The third kappa shape index (κ3) is 5.30. The summed E-state index contributed by atoms with van der Waals surface area (Å²) in [6.07, 6.45) is 0.581. The van der Waals surface area contributed by atoms with E-state index in [9.17, 15) is 4.79 Å². The molecule has 0 bridgehead atoms. The minimum absolute atomic E-state index is 0.219. The van der Waals surface area contributed by atoms with Gasteiger partial charge in [0.2, 0.25) is 0 Å². The van der Waals surface area contributed by atoms with E-state index in [2.05, 4.69) is 30.9 Å². The van der Waals surface area contributed by atoms with Crippen LogP contribution in [-0.2, 0) is 4.79 Å². The third-order valence-electron chi connectivity index (χ3n) is 3.59. The van der Waals surface area contributed by atoms with Gasteiger partial charge in [0.05, 0.1) is 6.61 Å². The highest BCUT2D eigenvalue weighted by molar-refractivity contribution is 5.76. The van der Waals surface area contributed by atoms with Crippen LogP contribution in [0.3, 0.4) is 0 Å². The maximum atomic E-state index is 11.2. The van der Waals surface area contributed by atoms with Crippen LogP contribution in [0.15, 0.2) is 48.5 Å². The number of benzene rings is 2. The summed E-state index contributed by atoms with van der Waals surface area (Å²) in [5.41, 5.74) is 3.10. The lowest BCUT2D eigenvalue weighted by molar-refractivity contribution is -0.117. The number of hydrogen-bond donors (Lipinski definition) is 0. The van der Waals surface area contributed by atoms with Crippen LogP contribution in [0.4, 0.5) is 0 Å². The maximum absolute atomic E-state index is 11.2. The molecule has 0 aliphatic rings. The van der Waals surface area contributed by atoms with Gasteiger partial charge in [-0.05, 0) is 61.7 Å². The van der Waals surface area contributed by atoms with Crippen LogP contribution >= 0.6 is 0 Å². The van der Waals surface area contributed by atoms with Gasteiger partial charge in [0.25, 0.3) is 0 Å². The Hall–Kier alpha value is -2.53. The molecule has 118 valence electrons. The van der Waals surface area contributed by atoms with Gasteiger partial charge >= 0.3 is 0 Å². The summed E-state index contributed by atoms with van der Waals surface area (Å²) in [4.78, 5) is 11.2. The van der Waals surface area contributed by atoms with Gasteiger partial charge in [0.15, 0.2) is 0 Å². The molecular weight excluding hydrogens is 284 g/mol. The zero-order chi connectivity index (χ0) is 16.7. The Labute approximate surface area is 138 Å². The Balaban J connectivity index is 2.05. The monoisotopic (exact) mass is 306 g/mol. The molecule has 23 heavy (non-hydrogen) atoms. The number of rotatable bonds is 5. The second kappa shape index (κ2) is 8.19. The van der Waals surface area contributed by atoms with Crippen molar-refractivity contribution in [1.82, 2.24) is 0 Å². The van der Waals surface area contributed by atoms with Crippen molar-refractivity contribution in [2.24, 2.45) is 0 Å². The zero-order valence-electron chi connectivity index (χ0n) is 13.9. The fourth-order valence-corrected chi connectivity index (χ4v) is 2.39. The largest absolute Gasteiger partial charge is 0.494 e. The Bertz CT molecular complexity index is 700. The van der Waals surface area contributed by atoms with Gasteiger partial charge in [-0.15, -0.1) is 0 Å². The lowest BCUT2D eigenvalue weighted by atomic mass is 9.95. The van der Waals surface area contributed by atoms with E-state index in [0.29, 0.717) is 13.0 Å². The highest BCUT2D eigenvalue weighted by Crippen LogP contribution is 2.19. The standard InChI is InChI=1S/C21H22O2/c1-4-23-21-13-9-19(10-14-21)6-5-18-7-11-20(12-8-18)16(2)15-17(3)22/h7-14,16H,4,15H2,1-3H3. The number of carbonyl (C=O) groups excluding carboxylic acids is 1. The topological polar surface area (TPSA) is 26.3 Å². The molecule has 2 nitrogen and oxygen atoms in total. The van der Waals surface area contributed by atoms with E-state index in [1.165, 1.54) is 5.56 Å². The Morgan fingerprint density at radius 2 is 1.52 bits per heavy atom. The molecule has 0 amide bonds. The SMILES string of the molecule is CCOc1ccc(C#Cc2ccc(C(C)CC(C)=O)cc2)cc1. The average Bonchev–Trinajstić information content (AvgIpc) is 2.54. The smallest absolute Gasteiger partial charge is 0.130 e. The van der Waals surface area contributed by atoms with Crippen LogP contribution in [0.1, 0.15) is 49.8 Å². The molecule has 0 N–H and O–H groups in total. The molecule has 1 atom stereocenters. The van der Waals surface area contributed by atoms with Gasteiger partial charge in [0.1, 0.15) is 11.5 Å². The summed E-state index contributed by atoms with van der Waals surface area (Å²) in [5.74, 6) is 7.65. The molecule has 0 aliphatic heterocycles. The van der Waals surface area contributed by atoms with Crippen LogP contribution < -0.4 is 4.74 Å². The average molecular weight is 306 g/mol. The zero-order valence-corrected chi connectivity index (χ0v) is 13.9. The van der Waals surface area contributed by atoms with Gasteiger partial charge in [-0.1, -0.05) is 30.9 Å². The second-order valence-corrected chi connectivity index (χ2v) is 5.64. The fraction of sp³-hybridized carbons (Fsp3) is 0.286. The Kier molecular flexibility index (Phi) is 6.00. The summed E-state index contributed by atoms with van der Waals surface area (Å²) in [6.45, 7) is 6.34. The predicted octanol–water partition coefficient (Wildman–Crippen LogP) is 4.57. The van der Waals surface area contributed by atoms with Crippen LogP contribution in [0, 0.1) is 11.8 Å². The van der Waals surface area contributed by atoms with Crippen molar-refractivity contribution >= 4 is 5.78 Å². The Morgan fingerprint density at radius 1 is 1.00 bits per heavy atom. The summed E-state index contributed by atoms with van der Waals surface area (Å²) < 4.78 is 5.41. The molecule has 0 spiro atoms. The molecular formula is C21H22O2. The first-order chi connectivity index (χ1) is 11.1. The Morgan fingerprint density at radius 3 is 2.00 bits per heavy atom. The minimum Gasteiger partial charge on any atom is -0.494 e. The van der Waals surface area contributed by atoms with E-state index in [1.807, 2.05) is 43.3 Å². The molecule has 0 saturated carbocycles. The van der Waals surface area contributed by atoms with Crippen molar-refractivity contribution in [3.8, 4) is 17.6 Å². The van der Waals surface area contributed by atoms with Crippen LogP contribution in [0.2, 0.25) is 0 Å². The summed E-state index contributed by atoms with van der Waals surface area (Å²) in [5, 5.41) is 0. The van der Waals surface area contributed by atoms with E-state index in [-0.39, 0.29) is 11.7 Å². The highest BCUT2D eigenvalue weighted by atomic mass is 16.5. The number of carbonyl (C=O) groups is 1. The number of ketones is 1. The predicted molar refractivity (Wildman–Crippen MR) is 93.7 cm³/mol. The molecule has 1 unspecified atom stereocenters. The van der Waals surface area contributed by atoms with Crippen molar-refractivity contribution in [3.05, 3.63) is 65.2 Å². The van der Waals surface area contributed by atoms with Crippen molar-refractivity contribution in [2.45, 2.75) is 33.1 Å². The quantitative estimate of drug-likeness (QED) is 0.757. The van der Waals surface area contributed by atoms with E-state index in [1.54, 1.807) is 6.92 Å². The lowest BCUT2D eigenvalue weighted by Crippen LogP contribution is -2.00. The molecule has 0 heterocycles. The van der Waals surface area contributed by atoms with Gasteiger partial charge in [-0.3, -0.25) is 0 Å². The van der Waals surface area contributed by atoms with Crippen LogP contribution in [-0.4, -0.2) is 12.4 Å². The van der Waals surface area contributed by atoms with Crippen molar-refractivity contribution < 1.29 is 9.53 Å². The number of Topliss-reactive ketones (excluding diaryl/α,β-unsaturated/α-hetero) is 1. The molecule has 2 aromatic carbocycles. The molecule has 0 radical (unpaired) electrons. The molecule has 0 aliphatic carbocycles. The van der Waals surface area contributed by atoms with Crippen LogP contribution in [0.25, 0.3) is 0 Å². The van der Waals surface area contributed by atoms with Crippen molar-refractivity contribution in [2.75, 3.05) is 6.61 Å². The molecule has 2 heteroatoms. The van der Waals surface area contributed by atoms with E-state index in [0.717, 1.165) is 16.9 Å². The van der Waals surface area contributed by atoms with Crippen molar-refractivity contribution in [3.63, 3.8) is 0 Å². The normalized spacial score (nSPS) is 11.3. The second-order valence-electron chi connectivity index (χ2n) is 5.64. The van der Waals surface area contributed by atoms with Crippen LogP contribution in [0.5, 0.6) is 5.75 Å². The first-order valence-corrected chi connectivity index (χ1v) is 7.92. The maximum Gasteiger partial charge on any atom is 0.130 e. The summed E-state index contributed by atoms with van der Waals surface area (Å²) >= 11 is 0. The third-order valence-corrected chi connectivity index (χ3v) is 3.59. The number of ether oxygens (including phenoxy) is 1. The van der Waals surface area contributed by atoms with E-state index < -0.39 is 0 Å². The molecule has 0 aromatic heterocycles. The highest BCUT2D eigenvalue weighted by Gasteiger charge is 2.07. The van der Waals surface area contributed by atoms with Gasteiger partial charge < -0.3 is 9.53 Å². The first-order valence-electron chi connectivity index (χ1n) is 7.92. The number of hydrogen-bond acceptors (Lipinski definition) is 2. The molecule has 2 rings (SSSR count). The molecule has 2 aromatic rings. The molecule has 0 fully saturated rings. The lowest BCUT2D eigenvalue weighted by Gasteiger charge is -2.09.